The second-order valence-electron chi connectivity index (χ2n) is 6.38. The summed E-state index contributed by atoms with van der Waals surface area (Å²) in [4.78, 5) is 37.6. The van der Waals surface area contributed by atoms with Crippen molar-refractivity contribution in [3.8, 4) is 0 Å². The zero-order chi connectivity index (χ0) is 20.8. The van der Waals surface area contributed by atoms with Crippen LogP contribution < -0.4 is 11.5 Å². The number of nitrogens with zero attached hydrogens (tertiary/aromatic N) is 3. The third-order valence-corrected chi connectivity index (χ3v) is 4.75. The van der Waals surface area contributed by atoms with Crippen LogP contribution in [0.2, 0.25) is 0 Å². The first-order chi connectivity index (χ1) is 13.0. The van der Waals surface area contributed by atoms with Crippen molar-refractivity contribution in [3.05, 3.63) is 17.6 Å². The minimum atomic E-state index is -4.39. The number of aliphatic hydroxyl groups is 2. The molecule has 1 aliphatic heterocycles. The number of fused-ring (bicyclic) bond motifs is 1. The van der Waals surface area contributed by atoms with Crippen LogP contribution in [0.15, 0.2) is 6.20 Å². The molecule has 0 bridgehead atoms. The average Bonchev–Trinajstić information content (AvgIpc) is 3.07. The number of hydrogen-bond acceptors (Lipinski definition) is 9. The van der Waals surface area contributed by atoms with E-state index in [2.05, 4.69) is 9.97 Å². The topological polar surface area (TPSA) is 216 Å². The second-order valence-corrected chi connectivity index (χ2v) is 7.97. The lowest BCUT2D eigenvalue weighted by Crippen LogP contribution is -2.34. The van der Waals surface area contributed by atoms with Gasteiger partial charge >= 0.3 is 7.60 Å². The molecule has 1 fully saturated rings. The Labute approximate surface area is 158 Å². The van der Waals surface area contributed by atoms with Crippen LogP contribution in [0.3, 0.4) is 0 Å². The molecule has 1 saturated heterocycles. The zero-order valence-corrected chi connectivity index (χ0v) is 15.6. The number of ether oxygens (including phenoxy) is 2. The van der Waals surface area contributed by atoms with Crippen molar-refractivity contribution in [1.29, 1.82) is 0 Å². The quantitative estimate of drug-likeness (QED) is 0.288. The largest absolute Gasteiger partial charge is 0.387 e. The van der Waals surface area contributed by atoms with Crippen LogP contribution in [-0.2, 0) is 14.0 Å². The van der Waals surface area contributed by atoms with Gasteiger partial charge in [0.2, 0.25) is 0 Å². The standard InChI is InChI=1S/C14H20N5O8P/c1-5-17-11(15)8-6(12(16)22)2-19(13(8)18-5)14-10(21)9(20)7(27-14)3-26-4-28(23,24)25/h2,7,9-10,14,20-21H,3-4H2,1H3,(H2,16,22)(H2,15,17,18)(H2,23,24,25). The molecule has 1 aliphatic rings. The monoisotopic (exact) mass is 417 g/mol. The lowest BCUT2D eigenvalue weighted by Gasteiger charge is -2.17. The molecule has 14 heteroatoms. The molecular formula is C14H20N5O8P. The van der Waals surface area contributed by atoms with Crippen LogP contribution in [-0.4, -0.2) is 71.7 Å². The highest BCUT2D eigenvalue weighted by Crippen LogP contribution is 2.37. The van der Waals surface area contributed by atoms with Gasteiger partial charge in [-0.1, -0.05) is 0 Å². The molecule has 0 radical (unpaired) electrons. The Bertz CT molecular complexity index is 959. The van der Waals surface area contributed by atoms with Crippen LogP contribution in [0.5, 0.6) is 0 Å². The third kappa shape index (κ3) is 3.86. The van der Waals surface area contributed by atoms with E-state index < -0.39 is 44.4 Å². The van der Waals surface area contributed by atoms with Gasteiger partial charge in [0.05, 0.1) is 17.6 Å². The SMILES string of the molecule is Cc1nc(N)c2c(C(N)=O)cn(C3OC(COCP(=O)(O)O)C(O)C3O)c2n1. The van der Waals surface area contributed by atoms with Gasteiger partial charge in [-0.3, -0.25) is 9.36 Å². The Kier molecular flexibility index (Phi) is 5.42. The fourth-order valence-corrected chi connectivity index (χ4v) is 3.40. The second kappa shape index (κ2) is 7.37. The van der Waals surface area contributed by atoms with Crippen molar-refractivity contribution in [3.63, 3.8) is 0 Å². The van der Waals surface area contributed by atoms with Crippen LogP contribution in [0, 0.1) is 6.92 Å². The molecule has 4 unspecified atom stereocenters. The molecule has 4 atom stereocenters. The van der Waals surface area contributed by atoms with E-state index in [9.17, 15) is 19.6 Å². The lowest BCUT2D eigenvalue weighted by atomic mass is 10.1. The first-order valence-electron chi connectivity index (χ1n) is 8.08. The Morgan fingerprint density at radius 1 is 1.36 bits per heavy atom. The minimum Gasteiger partial charge on any atom is -0.387 e. The van der Waals surface area contributed by atoms with Gasteiger partial charge < -0.3 is 45.5 Å². The summed E-state index contributed by atoms with van der Waals surface area (Å²) in [7, 11) is -4.39. The summed E-state index contributed by atoms with van der Waals surface area (Å²) in [6, 6.07) is 0. The average molecular weight is 417 g/mol. The number of aliphatic hydroxyl groups excluding tert-OH is 2. The number of carbonyl (C=O) groups excluding carboxylic acids is 1. The maximum Gasteiger partial charge on any atom is 0.350 e. The fraction of sp³-hybridized carbons (Fsp3) is 0.500. The predicted octanol–water partition coefficient (Wildman–Crippen LogP) is -1.81. The van der Waals surface area contributed by atoms with E-state index in [1.54, 1.807) is 6.92 Å². The molecule has 3 heterocycles. The van der Waals surface area contributed by atoms with Gasteiger partial charge in [-0.25, -0.2) is 9.97 Å². The van der Waals surface area contributed by atoms with E-state index in [1.165, 1.54) is 10.8 Å². The van der Waals surface area contributed by atoms with E-state index in [4.69, 9.17) is 30.7 Å². The van der Waals surface area contributed by atoms with Crippen LogP contribution in [0.1, 0.15) is 22.4 Å². The first-order valence-corrected chi connectivity index (χ1v) is 9.87. The molecule has 1 amide bonds. The highest BCUT2D eigenvalue weighted by Gasteiger charge is 2.45. The molecule has 2 aromatic heterocycles. The van der Waals surface area contributed by atoms with Crippen molar-refractivity contribution in [2.45, 2.75) is 31.5 Å². The van der Waals surface area contributed by atoms with Gasteiger partial charge in [0.25, 0.3) is 5.91 Å². The number of aromatic nitrogens is 3. The molecule has 28 heavy (non-hydrogen) atoms. The molecule has 8 N–H and O–H groups in total. The summed E-state index contributed by atoms with van der Waals surface area (Å²) in [6.45, 7) is 1.20. The maximum atomic E-state index is 11.8. The molecular weight excluding hydrogens is 397 g/mol. The number of carbonyl (C=O) groups is 1. The number of aryl methyl sites for hydroxylation is 1. The van der Waals surface area contributed by atoms with Gasteiger partial charge in [0, 0.05) is 6.20 Å². The molecule has 2 aromatic rings. The number of primary amides is 1. The van der Waals surface area contributed by atoms with E-state index in [0.29, 0.717) is 5.82 Å². The van der Waals surface area contributed by atoms with Gasteiger partial charge in [-0.15, -0.1) is 0 Å². The summed E-state index contributed by atoms with van der Waals surface area (Å²) in [5, 5.41) is 20.8. The van der Waals surface area contributed by atoms with Gasteiger partial charge in [0.1, 0.15) is 41.9 Å². The number of nitrogens with two attached hydrogens (primary N) is 2. The predicted molar refractivity (Wildman–Crippen MR) is 94.0 cm³/mol. The molecule has 13 nitrogen and oxygen atoms in total. The summed E-state index contributed by atoms with van der Waals surface area (Å²) in [5.41, 5.74) is 11.5. The zero-order valence-electron chi connectivity index (χ0n) is 14.7. The van der Waals surface area contributed by atoms with E-state index >= 15 is 0 Å². The summed E-state index contributed by atoms with van der Waals surface area (Å²) >= 11 is 0. The normalized spacial score (nSPS) is 25.5. The van der Waals surface area contributed by atoms with Gasteiger partial charge in [0.15, 0.2) is 6.23 Å². The fourth-order valence-electron chi connectivity index (χ4n) is 3.05. The third-order valence-electron chi connectivity index (χ3n) is 4.23. The Hall–Kier alpha value is -2.12. The summed E-state index contributed by atoms with van der Waals surface area (Å²) in [6.07, 6.45) is -4.70. The van der Waals surface area contributed by atoms with E-state index in [0.717, 1.165) is 0 Å². The lowest BCUT2D eigenvalue weighted by molar-refractivity contribution is -0.0611. The number of nitrogen functional groups attached to an aromatic ring is 1. The maximum absolute atomic E-state index is 11.8. The first kappa shape index (κ1) is 20.6. The van der Waals surface area contributed by atoms with Crippen LogP contribution in [0.4, 0.5) is 5.82 Å². The van der Waals surface area contributed by atoms with Crippen LogP contribution >= 0.6 is 7.60 Å². The minimum absolute atomic E-state index is 0.0130. The Balaban J connectivity index is 1.94. The summed E-state index contributed by atoms with van der Waals surface area (Å²) < 4.78 is 22.6. The van der Waals surface area contributed by atoms with Crippen molar-refractivity contribution in [2.75, 3.05) is 18.7 Å². The summed E-state index contributed by atoms with van der Waals surface area (Å²) in [5.74, 6) is -0.475. The smallest absolute Gasteiger partial charge is 0.350 e. The van der Waals surface area contributed by atoms with Crippen molar-refractivity contribution >= 4 is 30.4 Å². The highest BCUT2D eigenvalue weighted by molar-refractivity contribution is 7.51. The molecule has 154 valence electrons. The molecule has 0 aromatic carbocycles. The van der Waals surface area contributed by atoms with E-state index in [-0.39, 0.29) is 29.0 Å². The molecule has 3 rings (SSSR count). The molecule has 0 saturated carbocycles. The number of hydrogen-bond donors (Lipinski definition) is 6. The Morgan fingerprint density at radius 3 is 2.64 bits per heavy atom. The number of rotatable bonds is 6. The molecule has 0 aliphatic carbocycles. The van der Waals surface area contributed by atoms with Crippen molar-refractivity contribution in [1.82, 2.24) is 14.5 Å². The highest BCUT2D eigenvalue weighted by atomic mass is 31.2. The van der Waals surface area contributed by atoms with Gasteiger partial charge in [-0.05, 0) is 6.92 Å². The van der Waals surface area contributed by atoms with Crippen molar-refractivity contribution in [2.24, 2.45) is 5.73 Å². The van der Waals surface area contributed by atoms with Crippen molar-refractivity contribution < 1.29 is 38.8 Å². The number of anilines is 1. The van der Waals surface area contributed by atoms with Gasteiger partial charge in [-0.2, -0.15) is 0 Å². The Morgan fingerprint density at radius 2 is 2.04 bits per heavy atom. The number of amides is 1. The molecule has 0 spiro atoms. The van der Waals surface area contributed by atoms with E-state index in [1.807, 2.05) is 0 Å². The van der Waals surface area contributed by atoms with Crippen LogP contribution in [0.25, 0.3) is 11.0 Å².